The highest BCUT2D eigenvalue weighted by atomic mass is 16.1. The Bertz CT molecular complexity index is 423. The molecule has 17 heavy (non-hydrogen) atoms. The van der Waals surface area contributed by atoms with E-state index >= 15 is 0 Å². The van der Waals surface area contributed by atoms with Gasteiger partial charge in [0.15, 0.2) is 0 Å². The van der Waals surface area contributed by atoms with Crippen LogP contribution in [0.2, 0.25) is 0 Å². The topological polar surface area (TPSA) is 29.1 Å². The number of benzene rings is 1. The molecule has 1 aliphatic carbocycles. The molecule has 1 N–H and O–H groups in total. The summed E-state index contributed by atoms with van der Waals surface area (Å²) < 4.78 is 0. The van der Waals surface area contributed by atoms with Crippen LogP contribution >= 0.6 is 0 Å². The van der Waals surface area contributed by atoms with Crippen molar-refractivity contribution in [1.82, 2.24) is 5.32 Å². The van der Waals surface area contributed by atoms with Crippen LogP contribution in [-0.4, -0.2) is 12.5 Å². The fraction of sp³-hybridized carbons (Fsp3) is 0.400. The molecule has 0 spiro atoms. The molecule has 1 amide bonds. The average Bonchev–Trinajstić information content (AvgIpc) is 2.36. The van der Waals surface area contributed by atoms with Crippen molar-refractivity contribution in [2.75, 3.05) is 6.54 Å². The summed E-state index contributed by atoms with van der Waals surface area (Å²) in [6.07, 6.45) is 7.10. The number of rotatable bonds is 4. The Morgan fingerprint density at radius 2 is 2.06 bits per heavy atom. The summed E-state index contributed by atoms with van der Waals surface area (Å²) in [5, 5.41) is 2.80. The minimum absolute atomic E-state index is 0.0701. The standard InChI is InChI=1S/C15H19NO/c1-2-9-16-15(17)11-12-7-8-13-5-3-4-6-14(13)10-12/h2,7-8,10H,1,3-6,9,11H2,(H,16,17). The van der Waals surface area contributed by atoms with E-state index in [1.165, 1.54) is 30.4 Å². The van der Waals surface area contributed by atoms with Gasteiger partial charge in [-0.15, -0.1) is 6.58 Å². The summed E-state index contributed by atoms with van der Waals surface area (Å²) in [7, 11) is 0. The van der Waals surface area contributed by atoms with Crippen molar-refractivity contribution in [3.63, 3.8) is 0 Å². The van der Waals surface area contributed by atoms with Crippen molar-refractivity contribution in [3.8, 4) is 0 Å². The number of nitrogens with one attached hydrogen (secondary N) is 1. The van der Waals surface area contributed by atoms with Crippen molar-refractivity contribution in [2.24, 2.45) is 0 Å². The third-order valence-corrected chi connectivity index (χ3v) is 3.22. The average molecular weight is 229 g/mol. The zero-order chi connectivity index (χ0) is 12.1. The van der Waals surface area contributed by atoms with Crippen LogP contribution in [0.25, 0.3) is 0 Å². The van der Waals surface area contributed by atoms with E-state index in [9.17, 15) is 4.79 Å². The molecule has 0 atom stereocenters. The highest BCUT2D eigenvalue weighted by Crippen LogP contribution is 2.22. The molecule has 0 heterocycles. The molecule has 2 heteroatoms. The molecule has 0 aromatic heterocycles. The van der Waals surface area contributed by atoms with E-state index in [0.717, 1.165) is 12.0 Å². The summed E-state index contributed by atoms with van der Waals surface area (Å²) in [4.78, 5) is 11.6. The molecule has 0 fully saturated rings. The van der Waals surface area contributed by atoms with Crippen molar-refractivity contribution in [1.29, 1.82) is 0 Å². The highest BCUT2D eigenvalue weighted by Gasteiger charge is 2.10. The Kier molecular flexibility index (Phi) is 3.97. The van der Waals surface area contributed by atoms with Gasteiger partial charge in [0.05, 0.1) is 6.42 Å². The minimum atomic E-state index is 0.0701. The number of hydrogen-bond acceptors (Lipinski definition) is 1. The van der Waals surface area contributed by atoms with E-state index in [-0.39, 0.29) is 5.91 Å². The molecule has 1 aromatic rings. The van der Waals surface area contributed by atoms with Crippen LogP contribution in [0.3, 0.4) is 0 Å². The maximum atomic E-state index is 11.6. The molecule has 2 rings (SSSR count). The monoisotopic (exact) mass is 229 g/mol. The number of carbonyl (C=O) groups is 1. The lowest BCUT2D eigenvalue weighted by Crippen LogP contribution is -2.25. The number of fused-ring (bicyclic) bond motifs is 1. The van der Waals surface area contributed by atoms with Gasteiger partial charge >= 0.3 is 0 Å². The fourth-order valence-electron chi connectivity index (χ4n) is 2.33. The summed E-state index contributed by atoms with van der Waals surface area (Å²) in [6, 6.07) is 6.46. The first kappa shape index (κ1) is 11.9. The fourth-order valence-corrected chi connectivity index (χ4v) is 2.33. The van der Waals surface area contributed by atoms with E-state index < -0.39 is 0 Å². The third-order valence-electron chi connectivity index (χ3n) is 3.22. The van der Waals surface area contributed by atoms with Gasteiger partial charge in [0.25, 0.3) is 0 Å². The number of aryl methyl sites for hydroxylation is 2. The Balaban J connectivity index is 2.01. The molecule has 0 saturated carbocycles. The molecule has 1 aromatic carbocycles. The van der Waals surface area contributed by atoms with Crippen LogP contribution in [-0.2, 0) is 24.1 Å². The second kappa shape index (κ2) is 5.67. The Morgan fingerprint density at radius 3 is 2.82 bits per heavy atom. The maximum Gasteiger partial charge on any atom is 0.224 e. The van der Waals surface area contributed by atoms with Gasteiger partial charge in [-0.1, -0.05) is 24.3 Å². The molecule has 0 radical (unpaired) electrons. The van der Waals surface area contributed by atoms with Crippen LogP contribution in [0.5, 0.6) is 0 Å². The van der Waals surface area contributed by atoms with Crippen LogP contribution in [0.4, 0.5) is 0 Å². The lowest BCUT2D eigenvalue weighted by atomic mass is 9.90. The van der Waals surface area contributed by atoms with Crippen molar-refractivity contribution in [3.05, 3.63) is 47.5 Å². The molecule has 0 aliphatic heterocycles. The van der Waals surface area contributed by atoms with Gasteiger partial charge in [0.1, 0.15) is 0 Å². The first-order chi connectivity index (χ1) is 8.29. The van der Waals surface area contributed by atoms with Crippen molar-refractivity contribution < 1.29 is 4.79 Å². The maximum absolute atomic E-state index is 11.6. The Morgan fingerprint density at radius 1 is 1.29 bits per heavy atom. The van der Waals surface area contributed by atoms with Gasteiger partial charge < -0.3 is 5.32 Å². The summed E-state index contributed by atoms with van der Waals surface area (Å²) in [5.41, 5.74) is 4.02. The normalized spacial score (nSPS) is 13.9. The zero-order valence-electron chi connectivity index (χ0n) is 10.2. The second-order valence-electron chi connectivity index (χ2n) is 4.58. The first-order valence-corrected chi connectivity index (χ1v) is 6.28. The highest BCUT2D eigenvalue weighted by molar-refractivity contribution is 5.78. The number of hydrogen-bond donors (Lipinski definition) is 1. The molecule has 90 valence electrons. The second-order valence-corrected chi connectivity index (χ2v) is 4.58. The van der Waals surface area contributed by atoms with Gasteiger partial charge in [-0.2, -0.15) is 0 Å². The van der Waals surface area contributed by atoms with Gasteiger partial charge in [0.2, 0.25) is 5.91 Å². The van der Waals surface area contributed by atoms with E-state index in [4.69, 9.17) is 0 Å². The molecule has 1 aliphatic rings. The summed E-state index contributed by atoms with van der Waals surface area (Å²) in [5.74, 6) is 0.0701. The van der Waals surface area contributed by atoms with Gasteiger partial charge in [0, 0.05) is 6.54 Å². The van der Waals surface area contributed by atoms with Crippen LogP contribution in [0.1, 0.15) is 29.5 Å². The first-order valence-electron chi connectivity index (χ1n) is 6.28. The molecule has 0 bridgehead atoms. The van der Waals surface area contributed by atoms with Gasteiger partial charge in [-0.25, -0.2) is 0 Å². The van der Waals surface area contributed by atoms with Crippen LogP contribution < -0.4 is 5.32 Å². The molecular formula is C15H19NO. The number of amides is 1. The van der Waals surface area contributed by atoms with E-state index in [1.54, 1.807) is 6.08 Å². The van der Waals surface area contributed by atoms with Crippen molar-refractivity contribution in [2.45, 2.75) is 32.1 Å². The minimum Gasteiger partial charge on any atom is -0.352 e. The predicted molar refractivity (Wildman–Crippen MR) is 70.0 cm³/mol. The molecule has 0 saturated heterocycles. The smallest absolute Gasteiger partial charge is 0.224 e. The quantitative estimate of drug-likeness (QED) is 0.789. The Hall–Kier alpha value is -1.57. The molecular weight excluding hydrogens is 210 g/mol. The van der Waals surface area contributed by atoms with Crippen LogP contribution in [0.15, 0.2) is 30.9 Å². The third kappa shape index (κ3) is 3.19. The van der Waals surface area contributed by atoms with Crippen LogP contribution in [0, 0.1) is 0 Å². The number of carbonyl (C=O) groups excluding carboxylic acids is 1. The largest absolute Gasteiger partial charge is 0.352 e. The SMILES string of the molecule is C=CCNC(=O)Cc1ccc2c(c1)CCCC2. The summed E-state index contributed by atoms with van der Waals surface area (Å²) in [6.45, 7) is 4.13. The summed E-state index contributed by atoms with van der Waals surface area (Å²) >= 11 is 0. The van der Waals surface area contributed by atoms with Gasteiger partial charge in [-0.3, -0.25) is 4.79 Å². The predicted octanol–water partition coefficient (Wildman–Crippen LogP) is 2.41. The van der Waals surface area contributed by atoms with E-state index in [2.05, 4.69) is 30.1 Å². The zero-order valence-corrected chi connectivity index (χ0v) is 10.2. The molecule has 2 nitrogen and oxygen atoms in total. The Labute approximate surface area is 103 Å². The molecule has 0 unspecified atom stereocenters. The van der Waals surface area contributed by atoms with E-state index in [1.807, 2.05) is 0 Å². The van der Waals surface area contributed by atoms with Crippen molar-refractivity contribution >= 4 is 5.91 Å². The van der Waals surface area contributed by atoms with Gasteiger partial charge in [-0.05, 0) is 42.4 Å². The lowest BCUT2D eigenvalue weighted by molar-refractivity contribution is -0.120. The lowest BCUT2D eigenvalue weighted by Gasteiger charge is -2.16. The van der Waals surface area contributed by atoms with E-state index in [0.29, 0.717) is 13.0 Å².